The summed E-state index contributed by atoms with van der Waals surface area (Å²) in [5.74, 6) is -1.07. The van der Waals surface area contributed by atoms with Gasteiger partial charge in [-0.1, -0.05) is 24.6 Å². The van der Waals surface area contributed by atoms with Crippen LogP contribution in [0.4, 0.5) is 0 Å². The van der Waals surface area contributed by atoms with Crippen molar-refractivity contribution in [2.24, 2.45) is 5.92 Å². The summed E-state index contributed by atoms with van der Waals surface area (Å²) in [4.78, 5) is 21.7. The maximum atomic E-state index is 10.9. The Labute approximate surface area is 81.9 Å². The van der Waals surface area contributed by atoms with Gasteiger partial charge in [0.15, 0.2) is 5.12 Å². The van der Waals surface area contributed by atoms with E-state index >= 15 is 0 Å². The molecular formula is C9H14O3S. The van der Waals surface area contributed by atoms with Crippen LogP contribution in [-0.4, -0.2) is 21.4 Å². The van der Waals surface area contributed by atoms with Gasteiger partial charge in [-0.3, -0.25) is 9.59 Å². The standard InChI is InChI=1S/C9H14O3S/c1-6(10)13-8-5-3-2-4-7(8)9(11)12/h7-8H,2-5H2,1H3,(H,11,12)/t7-,8-/m1/s1. The number of carboxylic acid groups (broad SMARTS) is 1. The van der Waals surface area contributed by atoms with E-state index in [0.717, 1.165) is 25.7 Å². The Kier molecular flexibility index (Phi) is 3.78. The number of hydrogen-bond donors (Lipinski definition) is 1. The van der Waals surface area contributed by atoms with Crippen molar-refractivity contribution in [3.63, 3.8) is 0 Å². The fourth-order valence-electron chi connectivity index (χ4n) is 1.73. The second kappa shape index (κ2) is 4.65. The number of carbonyl (C=O) groups is 2. The van der Waals surface area contributed by atoms with Gasteiger partial charge in [-0.05, 0) is 12.8 Å². The van der Waals surface area contributed by atoms with Crippen molar-refractivity contribution in [1.29, 1.82) is 0 Å². The highest BCUT2D eigenvalue weighted by molar-refractivity contribution is 8.14. The molecule has 0 aliphatic heterocycles. The number of rotatable bonds is 2. The number of thioether (sulfide) groups is 1. The zero-order chi connectivity index (χ0) is 9.84. The van der Waals surface area contributed by atoms with E-state index in [1.54, 1.807) is 0 Å². The van der Waals surface area contributed by atoms with Gasteiger partial charge < -0.3 is 5.11 Å². The molecule has 0 saturated heterocycles. The molecule has 1 N–H and O–H groups in total. The summed E-state index contributed by atoms with van der Waals surface area (Å²) in [7, 11) is 0. The van der Waals surface area contributed by atoms with E-state index in [9.17, 15) is 9.59 Å². The van der Waals surface area contributed by atoms with Crippen LogP contribution < -0.4 is 0 Å². The zero-order valence-electron chi connectivity index (χ0n) is 7.66. The van der Waals surface area contributed by atoms with E-state index < -0.39 is 5.97 Å². The smallest absolute Gasteiger partial charge is 0.307 e. The van der Waals surface area contributed by atoms with Crippen LogP contribution in [0.1, 0.15) is 32.6 Å². The number of hydrogen-bond acceptors (Lipinski definition) is 3. The molecule has 1 rings (SSSR count). The molecule has 13 heavy (non-hydrogen) atoms. The molecule has 4 heteroatoms. The predicted molar refractivity (Wildman–Crippen MR) is 51.7 cm³/mol. The van der Waals surface area contributed by atoms with E-state index in [1.165, 1.54) is 18.7 Å². The lowest BCUT2D eigenvalue weighted by atomic mass is 9.89. The lowest BCUT2D eigenvalue weighted by molar-refractivity contribution is -0.142. The Balaban J connectivity index is 2.56. The van der Waals surface area contributed by atoms with Crippen molar-refractivity contribution in [1.82, 2.24) is 0 Å². The minimum Gasteiger partial charge on any atom is -0.481 e. The highest BCUT2D eigenvalue weighted by Crippen LogP contribution is 2.33. The molecule has 1 aliphatic carbocycles. The van der Waals surface area contributed by atoms with E-state index in [2.05, 4.69) is 0 Å². The fraction of sp³-hybridized carbons (Fsp3) is 0.778. The molecule has 0 amide bonds. The first-order valence-corrected chi connectivity index (χ1v) is 5.39. The molecule has 0 unspecified atom stereocenters. The van der Waals surface area contributed by atoms with Crippen LogP contribution in [0.25, 0.3) is 0 Å². The van der Waals surface area contributed by atoms with E-state index in [0.29, 0.717) is 0 Å². The molecule has 0 heterocycles. The first-order valence-electron chi connectivity index (χ1n) is 4.51. The average molecular weight is 202 g/mol. The monoisotopic (exact) mass is 202 g/mol. The van der Waals surface area contributed by atoms with E-state index in [-0.39, 0.29) is 16.3 Å². The molecule has 3 nitrogen and oxygen atoms in total. The highest BCUT2D eigenvalue weighted by atomic mass is 32.2. The normalized spacial score (nSPS) is 28.4. The van der Waals surface area contributed by atoms with Crippen molar-refractivity contribution in [2.45, 2.75) is 37.9 Å². The van der Waals surface area contributed by atoms with E-state index in [4.69, 9.17) is 5.11 Å². The summed E-state index contributed by atoms with van der Waals surface area (Å²) >= 11 is 1.19. The van der Waals surface area contributed by atoms with Gasteiger partial charge >= 0.3 is 5.97 Å². The lowest BCUT2D eigenvalue weighted by Gasteiger charge is -2.26. The number of carbonyl (C=O) groups excluding carboxylic acids is 1. The summed E-state index contributed by atoms with van der Waals surface area (Å²) in [6.45, 7) is 1.50. The van der Waals surface area contributed by atoms with Gasteiger partial charge in [-0.15, -0.1) is 0 Å². The molecule has 0 aromatic heterocycles. The van der Waals surface area contributed by atoms with E-state index in [1.807, 2.05) is 0 Å². The van der Waals surface area contributed by atoms with Crippen LogP contribution in [-0.2, 0) is 9.59 Å². The van der Waals surface area contributed by atoms with Crippen LogP contribution in [0, 0.1) is 5.92 Å². The summed E-state index contributed by atoms with van der Waals surface area (Å²) in [5.41, 5.74) is 0. The van der Waals surface area contributed by atoms with Crippen LogP contribution >= 0.6 is 11.8 Å². The second-order valence-electron chi connectivity index (χ2n) is 3.38. The molecule has 0 spiro atoms. The predicted octanol–water partition coefficient (Wildman–Crippen LogP) is 1.91. The molecule has 1 aliphatic rings. The SMILES string of the molecule is CC(=O)S[C@@H]1CCCC[C@H]1C(=O)O. The highest BCUT2D eigenvalue weighted by Gasteiger charge is 2.31. The first-order chi connectivity index (χ1) is 6.11. The van der Waals surface area contributed by atoms with Crippen molar-refractivity contribution < 1.29 is 14.7 Å². The molecule has 0 aromatic carbocycles. The first kappa shape index (κ1) is 10.6. The Bertz CT molecular complexity index is 215. The summed E-state index contributed by atoms with van der Waals surface area (Å²) in [6, 6.07) is 0. The second-order valence-corrected chi connectivity index (χ2v) is 4.79. The molecule has 1 saturated carbocycles. The number of aliphatic carboxylic acids is 1. The summed E-state index contributed by atoms with van der Waals surface area (Å²) in [5, 5.41) is 8.93. The van der Waals surface area contributed by atoms with Crippen molar-refractivity contribution in [3.05, 3.63) is 0 Å². The largest absolute Gasteiger partial charge is 0.481 e. The van der Waals surface area contributed by atoms with Crippen molar-refractivity contribution in [3.8, 4) is 0 Å². The Morgan fingerprint density at radius 3 is 2.46 bits per heavy atom. The molecule has 0 bridgehead atoms. The summed E-state index contributed by atoms with van der Waals surface area (Å²) < 4.78 is 0. The third-order valence-electron chi connectivity index (χ3n) is 2.34. The molecular weight excluding hydrogens is 188 g/mol. The quantitative estimate of drug-likeness (QED) is 0.743. The maximum Gasteiger partial charge on any atom is 0.307 e. The molecule has 74 valence electrons. The average Bonchev–Trinajstić information content (AvgIpc) is 2.03. The van der Waals surface area contributed by atoms with Gasteiger partial charge in [-0.25, -0.2) is 0 Å². The molecule has 2 atom stereocenters. The van der Waals surface area contributed by atoms with Gasteiger partial charge in [-0.2, -0.15) is 0 Å². The Morgan fingerprint density at radius 2 is 1.92 bits per heavy atom. The Morgan fingerprint density at radius 1 is 1.31 bits per heavy atom. The summed E-state index contributed by atoms with van der Waals surface area (Å²) in [6.07, 6.45) is 3.61. The minimum absolute atomic E-state index is 0.00347. The molecule has 0 radical (unpaired) electrons. The molecule has 0 aromatic rings. The van der Waals surface area contributed by atoms with Gasteiger partial charge in [0.05, 0.1) is 5.92 Å². The van der Waals surface area contributed by atoms with Crippen LogP contribution in [0.3, 0.4) is 0 Å². The van der Waals surface area contributed by atoms with Crippen LogP contribution in [0.5, 0.6) is 0 Å². The third kappa shape index (κ3) is 3.03. The van der Waals surface area contributed by atoms with Gasteiger partial charge in [0, 0.05) is 12.2 Å². The van der Waals surface area contributed by atoms with Gasteiger partial charge in [0.2, 0.25) is 0 Å². The van der Waals surface area contributed by atoms with Crippen molar-refractivity contribution >= 4 is 22.8 Å². The lowest BCUT2D eigenvalue weighted by Crippen LogP contribution is -2.29. The van der Waals surface area contributed by atoms with Gasteiger partial charge in [0.1, 0.15) is 0 Å². The zero-order valence-corrected chi connectivity index (χ0v) is 8.47. The Hall–Kier alpha value is -0.510. The van der Waals surface area contributed by atoms with Crippen molar-refractivity contribution in [2.75, 3.05) is 0 Å². The van der Waals surface area contributed by atoms with Gasteiger partial charge in [0.25, 0.3) is 0 Å². The topological polar surface area (TPSA) is 54.4 Å². The minimum atomic E-state index is -0.751. The van der Waals surface area contributed by atoms with Crippen LogP contribution in [0.15, 0.2) is 0 Å². The van der Waals surface area contributed by atoms with Crippen LogP contribution in [0.2, 0.25) is 0 Å². The third-order valence-corrected chi connectivity index (χ3v) is 3.54. The fourth-order valence-corrected chi connectivity index (χ4v) is 2.86. The molecule has 1 fully saturated rings. The maximum absolute atomic E-state index is 10.9. The number of carboxylic acids is 1.